The van der Waals surface area contributed by atoms with Crippen LogP contribution in [0, 0.1) is 0 Å². The Morgan fingerprint density at radius 3 is 2.22 bits per heavy atom. The molecular weight excluding hydrogens is 230 g/mol. The van der Waals surface area contributed by atoms with Gasteiger partial charge in [-0.15, -0.1) is 0 Å². The van der Waals surface area contributed by atoms with E-state index in [1.165, 1.54) is 0 Å². The lowest BCUT2D eigenvalue weighted by Gasteiger charge is -2.20. The van der Waals surface area contributed by atoms with Crippen LogP contribution in [0.25, 0.3) is 0 Å². The molecule has 4 N–H and O–H groups in total. The maximum Gasteiger partial charge on any atom is 0.243 e. The molecule has 18 heavy (non-hydrogen) atoms. The van der Waals surface area contributed by atoms with E-state index < -0.39 is 0 Å². The normalized spacial score (nSPS) is 12.1. The standard InChI is InChI=1S/C11H23N7/c1-5-8(4)13-9-14-10(17-12)16-11(15-9)18(6-2)7-3/h8H,5-7,12H2,1-4H3,(H2,13,14,15,16,17). The molecule has 0 spiro atoms. The first-order chi connectivity index (χ1) is 8.64. The van der Waals surface area contributed by atoms with Gasteiger partial charge in [0.1, 0.15) is 0 Å². The van der Waals surface area contributed by atoms with Gasteiger partial charge in [-0.3, -0.25) is 5.43 Å². The Kier molecular flexibility index (Phi) is 5.57. The highest BCUT2D eigenvalue weighted by Crippen LogP contribution is 2.13. The maximum absolute atomic E-state index is 5.38. The van der Waals surface area contributed by atoms with Crippen LogP contribution in [0.3, 0.4) is 0 Å². The minimum atomic E-state index is 0.308. The Hall–Kier alpha value is -1.63. The third kappa shape index (κ3) is 3.69. The third-order valence-corrected chi connectivity index (χ3v) is 2.79. The highest BCUT2D eigenvalue weighted by atomic mass is 15.4. The van der Waals surface area contributed by atoms with Gasteiger partial charge < -0.3 is 10.2 Å². The third-order valence-electron chi connectivity index (χ3n) is 2.79. The predicted molar refractivity (Wildman–Crippen MR) is 74.6 cm³/mol. The van der Waals surface area contributed by atoms with E-state index in [9.17, 15) is 0 Å². The van der Waals surface area contributed by atoms with Gasteiger partial charge in [-0.1, -0.05) is 6.92 Å². The van der Waals surface area contributed by atoms with Crippen molar-refractivity contribution in [3.63, 3.8) is 0 Å². The Bertz CT molecular complexity index is 364. The van der Waals surface area contributed by atoms with Crippen LogP contribution < -0.4 is 21.5 Å². The summed E-state index contributed by atoms with van der Waals surface area (Å²) in [4.78, 5) is 14.9. The number of nitrogen functional groups attached to an aromatic ring is 1. The summed E-state index contributed by atoms with van der Waals surface area (Å²) in [6.07, 6.45) is 0.998. The molecule has 1 heterocycles. The van der Waals surface area contributed by atoms with Crippen molar-refractivity contribution in [2.75, 3.05) is 28.7 Å². The van der Waals surface area contributed by atoms with Crippen LogP contribution in [0.5, 0.6) is 0 Å². The molecule has 0 radical (unpaired) electrons. The first-order valence-corrected chi connectivity index (χ1v) is 6.38. The lowest BCUT2D eigenvalue weighted by atomic mass is 10.3. The summed E-state index contributed by atoms with van der Waals surface area (Å²) in [7, 11) is 0. The molecule has 1 aromatic heterocycles. The molecule has 0 saturated heterocycles. The molecule has 0 aliphatic heterocycles. The van der Waals surface area contributed by atoms with E-state index in [0.717, 1.165) is 19.5 Å². The van der Waals surface area contributed by atoms with Crippen LogP contribution >= 0.6 is 0 Å². The first-order valence-electron chi connectivity index (χ1n) is 6.38. The van der Waals surface area contributed by atoms with Gasteiger partial charge in [0.25, 0.3) is 0 Å². The Balaban J connectivity index is 3.00. The highest BCUT2D eigenvalue weighted by Gasteiger charge is 2.11. The first kappa shape index (κ1) is 14.4. The number of hydrazine groups is 1. The van der Waals surface area contributed by atoms with Crippen molar-refractivity contribution < 1.29 is 0 Å². The smallest absolute Gasteiger partial charge is 0.243 e. The minimum absolute atomic E-state index is 0.308. The van der Waals surface area contributed by atoms with Gasteiger partial charge in [-0.05, 0) is 27.2 Å². The van der Waals surface area contributed by atoms with Crippen molar-refractivity contribution in [1.29, 1.82) is 0 Å². The van der Waals surface area contributed by atoms with Gasteiger partial charge in [0.15, 0.2) is 0 Å². The second-order valence-electron chi connectivity index (χ2n) is 4.05. The number of aromatic nitrogens is 3. The van der Waals surface area contributed by atoms with Gasteiger partial charge in [-0.2, -0.15) is 15.0 Å². The average Bonchev–Trinajstić information content (AvgIpc) is 2.39. The van der Waals surface area contributed by atoms with Crippen LogP contribution in [-0.4, -0.2) is 34.1 Å². The van der Waals surface area contributed by atoms with E-state index in [-0.39, 0.29) is 0 Å². The lowest BCUT2D eigenvalue weighted by Crippen LogP contribution is -2.27. The molecule has 1 atom stereocenters. The van der Waals surface area contributed by atoms with Crippen molar-refractivity contribution in [2.24, 2.45) is 5.84 Å². The number of hydrogen-bond acceptors (Lipinski definition) is 7. The summed E-state index contributed by atoms with van der Waals surface area (Å²) < 4.78 is 0. The quantitative estimate of drug-likeness (QED) is 0.497. The van der Waals surface area contributed by atoms with Crippen LogP contribution in [-0.2, 0) is 0 Å². The van der Waals surface area contributed by atoms with Crippen molar-refractivity contribution in [3.05, 3.63) is 0 Å². The number of hydrogen-bond donors (Lipinski definition) is 3. The SMILES string of the molecule is CCC(C)Nc1nc(NN)nc(N(CC)CC)n1. The molecule has 102 valence electrons. The molecule has 0 bridgehead atoms. The predicted octanol–water partition coefficient (Wildman–Crippen LogP) is 1.21. The summed E-state index contributed by atoms with van der Waals surface area (Å²) in [5.41, 5.74) is 2.47. The largest absolute Gasteiger partial charge is 0.352 e. The Morgan fingerprint density at radius 1 is 1.11 bits per heavy atom. The molecule has 0 amide bonds. The van der Waals surface area contributed by atoms with Crippen LogP contribution in [0.15, 0.2) is 0 Å². The van der Waals surface area contributed by atoms with Gasteiger partial charge in [0.05, 0.1) is 0 Å². The van der Waals surface area contributed by atoms with Gasteiger partial charge >= 0.3 is 0 Å². The molecule has 7 heteroatoms. The van der Waals surface area contributed by atoms with Crippen molar-refractivity contribution in [2.45, 2.75) is 40.2 Å². The molecule has 1 aromatic rings. The molecule has 0 saturated carbocycles. The fraction of sp³-hybridized carbons (Fsp3) is 0.727. The zero-order valence-corrected chi connectivity index (χ0v) is 11.6. The van der Waals surface area contributed by atoms with Crippen molar-refractivity contribution in [3.8, 4) is 0 Å². The topological polar surface area (TPSA) is 92.0 Å². The fourth-order valence-electron chi connectivity index (χ4n) is 1.46. The summed E-state index contributed by atoms with van der Waals surface area (Å²) in [6, 6.07) is 0.308. The van der Waals surface area contributed by atoms with Gasteiger partial charge in [-0.25, -0.2) is 5.84 Å². The lowest BCUT2D eigenvalue weighted by molar-refractivity contribution is 0.745. The van der Waals surface area contributed by atoms with E-state index in [4.69, 9.17) is 5.84 Å². The maximum atomic E-state index is 5.38. The number of nitrogens with one attached hydrogen (secondary N) is 2. The van der Waals surface area contributed by atoms with Crippen LogP contribution in [0.2, 0.25) is 0 Å². The second kappa shape index (κ2) is 6.95. The van der Waals surface area contributed by atoms with Crippen LogP contribution in [0.1, 0.15) is 34.1 Å². The average molecular weight is 253 g/mol. The zero-order valence-electron chi connectivity index (χ0n) is 11.6. The minimum Gasteiger partial charge on any atom is -0.352 e. The highest BCUT2D eigenvalue weighted by molar-refractivity contribution is 5.43. The van der Waals surface area contributed by atoms with Gasteiger partial charge in [0, 0.05) is 19.1 Å². The summed E-state index contributed by atoms with van der Waals surface area (Å²) >= 11 is 0. The number of nitrogens with zero attached hydrogens (tertiary/aromatic N) is 4. The van der Waals surface area contributed by atoms with Crippen LogP contribution in [0.4, 0.5) is 17.8 Å². The van der Waals surface area contributed by atoms with Crippen molar-refractivity contribution >= 4 is 17.8 Å². The van der Waals surface area contributed by atoms with E-state index >= 15 is 0 Å². The number of rotatable bonds is 7. The van der Waals surface area contributed by atoms with Gasteiger partial charge in [0.2, 0.25) is 17.8 Å². The summed E-state index contributed by atoms with van der Waals surface area (Å²) in [5, 5.41) is 3.23. The molecule has 0 fully saturated rings. The number of nitrogens with two attached hydrogens (primary N) is 1. The van der Waals surface area contributed by atoms with E-state index in [1.807, 2.05) is 4.90 Å². The molecule has 0 aromatic carbocycles. The van der Waals surface area contributed by atoms with E-state index in [1.54, 1.807) is 0 Å². The monoisotopic (exact) mass is 253 g/mol. The van der Waals surface area contributed by atoms with E-state index in [2.05, 4.69) is 53.4 Å². The molecule has 1 unspecified atom stereocenters. The Labute approximate surface area is 108 Å². The summed E-state index contributed by atoms with van der Waals surface area (Å²) in [6.45, 7) is 9.98. The summed E-state index contributed by atoms with van der Waals surface area (Å²) in [5.74, 6) is 6.94. The fourth-order valence-corrected chi connectivity index (χ4v) is 1.46. The zero-order chi connectivity index (χ0) is 13.5. The molecular formula is C11H23N7. The Morgan fingerprint density at radius 2 is 1.72 bits per heavy atom. The van der Waals surface area contributed by atoms with E-state index in [0.29, 0.717) is 23.9 Å². The number of anilines is 3. The van der Waals surface area contributed by atoms with Crippen molar-refractivity contribution in [1.82, 2.24) is 15.0 Å². The second-order valence-corrected chi connectivity index (χ2v) is 4.05. The molecule has 1 rings (SSSR count). The molecule has 0 aliphatic carbocycles. The molecule has 0 aliphatic rings. The molecule has 7 nitrogen and oxygen atoms in total.